The standard InChI is InChI=1S/C12H6BrClF2N2O2/c13-7-4-6(15)5-8(14)11(7)17-10-3-1-2-9(16)12(10)18(19)20/h1-5,17H. The van der Waals surface area contributed by atoms with Crippen molar-refractivity contribution in [1.82, 2.24) is 0 Å². The summed E-state index contributed by atoms with van der Waals surface area (Å²) < 4.78 is 26.9. The zero-order chi connectivity index (χ0) is 14.9. The number of hydrogen-bond donors (Lipinski definition) is 1. The molecule has 0 saturated heterocycles. The fourth-order valence-electron chi connectivity index (χ4n) is 1.60. The van der Waals surface area contributed by atoms with Gasteiger partial charge in [0.1, 0.15) is 11.5 Å². The lowest BCUT2D eigenvalue weighted by molar-refractivity contribution is -0.386. The van der Waals surface area contributed by atoms with Gasteiger partial charge in [0.15, 0.2) is 0 Å². The molecule has 0 aliphatic rings. The van der Waals surface area contributed by atoms with Gasteiger partial charge in [0, 0.05) is 4.47 Å². The van der Waals surface area contributed by atoms with Crippen LogP contribution in [0.4, 0.5) is 25.8 Å². The third-order valence-electron chi connectivity index (χ3n) is 2.44. The van der Waals surface area contributed by atoms with E-state index >= 15 is 0 Å². The maximum atomic E-state index is 13.5. The van der Waals surface area contributed by atoms with Crippen LogP contribution in [-0.2, 0) is 0 Å². The Balaban J connectivity index is 2.51. The van der Waals surface area contributed by atoms with E-state index < -0.39 is 22.2 Å². The first-order chi connectivity index (χ1) is 9.40. The van der Waals surface area contributed by atoms with E-state index in [4.69, 9.17) is 11.6 Å². The van der Waals surface area contributed by atoms with Crippen molar-refractivity contribution in [3.63, 3.8) is 0 Å². The first-order valence-electron chi connectivity index (χ1n) is 5.24. The Bertz CT molecular complexity index is 674. The van der Waals surface area contributed by atoms with Crippen molar-refractivity contribution in [2.45, 2.75) is 0 Å². The molecule has 0 unspecified atom stereocenters. The molecular weight excluding hydrogens is 357 g/mol. The van der Waals surface area contributed by atoms with Gasteiger partial charge >= 0.3 is 5.69 Å². The second-order valence-electron chi connectivity index (χ2n) is 3.76. The Morgan fingerprint density at radius 1 is 1.30 bits per heavy atom. The molecule has 0 amide bonds. The minimum Gasteiger partial charge on any atom is -0.348 e. The van der Waals surface area contributed by atoms with E-state index in [9.17, 15) is 18.9 Å². The summed E-state index contributed by atoms with van der Waals surface area (Å²) in [7, 11) is 0. The van der Waals surface area contributed by atoms with Crippen LogP contribution in [0.25, 0.3) is 0 Å². The molecule has 0 saturated carbocycles. The van der Waals surface area contributed by atoms with Crippen molar-refractivity contribution in [1.29, 1.82) is 0 Å². The van der Waals surface area contributed by atoms with Crippen LogP contribution >= 0.6 is 27.5 Å². The van der Waals surface area contributed by atoms with Crippen molar-refractivity contribution in [2.24, 2.45) is 0 Å². The van der Waals surface area contributed by atoms with Crippen molar-refractivity contribution in [3.8, 4) is 0 Å². The minimum absolute atomic E-state index is 0.00966. The van der Waals surface area contributed by atoms with E-state index in [1.165, 1.54) is 12.1 Å². The van der Waals surface area contributed by atoms with Crippen LogP contribution in [0.3, 0.4) is 0 Å². The molecule has 0 aliphatic heterocycles. The molecule has 0 spiro atoms. The predicted molar refractivity (Wildman–Crippen MR) is 75.4 cm³/mol. The number of nitrogens with one attached hydrogen (secondary N) is 1. The maximum Gasteiger partial charge on any atom is 0.327 e. The Hall–Kier alpha value is -1.73. The van der Waals surface area contributed by atoms with E-state index in [-0.39, 0.29) is 20.9 Å². The summed E-state index contributed by atoms with van der Waals surface area (Å²) in [4.78, 5) is 10.0. The van der Waals surface area contributed by atoms with E-state index in [1.54, 1.807) is 0 Å². The fourth-order valence-corrected chi connectivity index (χ4v) is 2.50. The summed E-state index contributed by atoms with van der Waals surface area (Å²) in [5, 5.41) is 13.5. The summed E-state index contributed by atoms with van der Waals surface area (Å²) in [5.41, 5.74) is -0.578. The second kappa shape index (κ2) is 5.72. The molecule has 0 radical (unpaired) electrons. The van der Waals surface area contributed by atoms with Gasteiger partial charge in [-0.2, -0.15) is 4.39 Å². The van der Waals surface area contributed by atoms with Crippen LogP contribution < -0.4 is 5.32 Å². The lowest BCUT2D eigenvalue weighted by Gasteiger charge is -2.11. The second-order valence-corrected chi connectivity index (χ2v) is 5.02. The molecule has 0 atom stereocenters. The van der Waals surface area contributed by atoms with Gasteiger partial charge in [0.05, 0.1) is 15.6 Å². The number of benzene rings is 2. The summed E-state index contributed by atoms with van der Waals surface area (Å²) >= 11 is 8.95. The number of halogens is 4. The first-order valence-corrected chi connectivity index (χ1v) is 6.41. The van der Waals surface area contributed by atoms with Crippen LogP contribution in [0.15, 0.2) is 34.8 Å². The highest BCUT2D eigenvalue weighted by molar-refractivity contribution is 9.10. The summed E-state index contributed by atoms with van der Waals surface area (Å²) in [6.07, 6.45) is 0. The van der Waals surface area contributed by atoms with Crippen LogP contribution in [0, 0.1) is 21.7 Å². The van der Waals surface area contributed by atoms with E-state index in [0.717, 1.165) is 18.2 Å². The lowest BCUT2D eigenvalue weighted by Crippen LogP contribution is -2.00. The van der Waals surface area contributed by atoms with Gasteiger partial charge in [-0.05, 0) is 40.2 Å². The molecule has 2 rings (SSSR count). The zero-order valence-corrected chi connectivity index (χ0v) is 12.0. The average molecular weight is 364 g/mol. The number of hydrogen-bond acceptors (Lipinski definition) is 3. The van der Waals surface area contributed by atoms with E-state index in [1.807, 2.05) is 0 Å². The monoisotopic (exact) mass is 362 g/mol. The Morgan fingerprint density at radius 2 is 2.00 bits per heavy atom. The fraction of sp³-hybridized carbons (Fsp3) is 0. The van der Waals surface area contributed by atoms with Crippen molar-refractivity contribution < 1.29 is 13.7 Å². The highest BCUT2D eigenvalue weighted by Gasteiger charge is 2.21. The number of nitro groups is 1. The zero-order valence-electron chi connectivity index (χ0n) is 9.66. The van der Waals surface area contributed by atoms with Crippen LogP contribution in [0.2, 0.25) is 5.02 Å². The van der Waals surface area contributed by atoms with Gasteiger partial charge in [-0.1, -0.05) is 17.7 Å². The first kappa shape index (κ1) is 14.7. The molecular formula is C12H6BrClF2N2O2. The quantitative estimate of drug-likeness (QED) is 0.614. The van der Waals surface area contributed by atoms with Crippen molar-refractivity contribution in [3.05, 3.63) is 61.6 Å². The number of nitro benzene ring substituents is 1. The molecule has 0 fully saturated rings. The molecule has 0 bridgehead atoms. The van der Waals surface area contributed by atoms with Crippen molar-refractivity contribution in [2.75, 3.05) is 5.32 Å². The van der Waals surface area contributed by atoms with Gasteiger partial charge in [-0.25, -0.2) is 4.39 Å². The Labute approximate surface area is 125 Å². The van der Waals surface area contributed by atoms with Crippen LogP contribution in [-0.4, -0.2) is 4.92 Å². The normalized spacial score (nSPS) is 10.4. The topological polar surface area (TPSA) is 55.2 Å². The molecule has 104 valence electrons. The van der Waals surface area contributed by atoms with Gasteiger partial charge in [-0.15, -0.1) is 0 Å². The van der Waals surface area contributed by atoms with Gasteiger partial charge in [0.2, 0.25) is 5.82 Å². The van der Waals surface area contributed by atoms with Gasteiger partial charge < -0.3 is 5.32 Å². The van der Waals surface area contributed by atoms with Gasteiger partial charge in [0.25, 0.3) is 0 Å². The van der Waals surface area contributed by atoms with E-state index in [0.29, 0.717) is 0 Å². The van der Waals surface area contributed by atoms with Gasteiger partial charge in [-0.3, -0.25) is 10.1 Å². The highest BCUT2D eigenvalue weighted by Crippen LogP contribution is 2.37. The molecule has 20 heavy (non-hydrogen) atoms. The summed E-state index contributed by atoms with van der Waals surface area (Å²) in [6.45, 7) is 0. The summed E-state index contributed by atoms with van der Waals surface area (Å²) in [6, 6.07) is 5.80. The molecule has 0 aliphatic carbocycles. The van der Waals surface area contributed by atoms with Crippen molar-refractivity contribution >= 4 is 44.6 Å². The SMILES string of the molecule is O=[N+]([O-])c1c(F)cccc1Nc1c(Cl)cc(F)cc1Br. The number of nitrogens with zero attached hydrogens (tertiary/aromatic N) is 1. The molecule has 0 aromatic heterocycles. The number of anilines is 2. The lowest BCUT2D eigenvalue weighted by atomic mass is 10.2. The molecule has 0 heterocycles. The molecule has 4 nitrogen and oxygen atoms in total. The molecule has 2 aromatic rings. The maximum absolute atomic E-state index is 13.5. The Morgan fingerprint density at radius 3 is 2.60 bits per heavy atom. The summed E-state index contributed by atoms with van der Waals surface area (Å²) in [5.74, 6) is -1.55. The molecule has 1 N–H and O–H groups in total. The third-order valence-corrected chi connectivity index (χ3v) is 3.36. The molecule has 2 aromatic carbocycles. The van der Waals surface area contributed by atoms with E-state index in [2.05, 4.69) is 21.2 Å². The largest absolute Gasteiger partial charge is 0.348 e. The van der Waals surface area contributed by atoms with Crippen LogP contribution in [0.5, 0.6) is 0 Å². The minimum atomic E-state index is -0.977. The van der Waals surface area contributed by atoms with Crippen LogP contribution in [0.1, 0.15) is 0 Å². The number of rotatable bonds is 3. The predicted octanol–water partition coefficient (Wildman–Crippen LogP) is 5.03. The third kappa shape index (κ3) is 2.88. The highest BCUT2D eigenvalue weighted by atomic mass is 79.9. The number of para-hydroxylation sites is 1. The smallest absolute Gasteiger partial charge is 0.327 e. The Kier molecular flexibility index (Phi) is 4.20. The average Bonchev–Trinajstić information content (AvgIpc) is 2.33. The molecule has 8 heteroatoms.